The van der Waals surface area contributed by atoms with Crippen molar-refractivity contribution >= 4 is 27.5 Å². The van der Waals surface area contributed by atoms with Crippen LogP contribution in [0.1, 0.15) is 33.6 Å². The molecule has 2 atom stereocenters. The zero-order chi connectivity index (χ0) is 15.9. The molecular weight excluding hydrogens is 304 g/mol. The van der Waals surface area contributed by atoms with Gasteiger partial charge in [-0.15, -0.1) is 11.8 Å². The predicted molar refractivity (Wildman–Crippen MR) is 92.0 cm³/mol. The Labute approximate surface area is 132 Å². The summed E-state index contributed by atoms with van der Waals surface area (Å²) < 4.78 is 26.8. The van der Waals surface area contributed by atoms with Crippen molar-refractivity contribution in [3.63, 3.8) is 0 Å². The molecule has 1 aromatic carbocycles. The number of sulfonamides is 1. The Morgan fingerprint density at radius 1 is 1.24 bits per heavy atom. The first-order chi connectivity index (χ1) is 9.82. The maximum absolute atomic E-state index is 12.0. The Bertz CT molecular complexity index is 515. The quantitative estimate of drug-likeness (QED) is 0.539. The molecule has 1 rings (SSSR count). The van der Waals surface area contributed by atoms with E-state index in [-0.39, 0.29) is 11.8 Å². The number of hydrogen-bond donors (Lipinski definition) is 2. The van der Waals surface area contributed by atoms with Gasteiger partial charge in [-0.2, -0.15) is 0 Å². The van der Waals surface area contributed by atoms with Crippen LogP contribution in [0.4, 0.5) is 5.69 Å². The first kappa shape index (κ1) is 18.3. The van der Waals surface area contributed by atoms with Crippen molar-refractivity contribution in [2.75, 3.05) is 17.2 Å². The first-order valence-electron chi connectivity index (χ1n) is 7.30. The third-order valence-corrected chi connectivity index (χ3v) is 6.11. The summed E-state index contributed by atoms with van der Waals surface area (Å²) in [5.41, 5.74) is 6.33. The van der Waals surface area contributed by atoms with Gasteiger partial charge in [-0.3, -0.25) is 0 Å². The van der Waals surface area contributed by atoms with Crippen LogP contribution in [0, 0.1) is 5.92 Å². The summed E-state index contributed by atoms with van der Waals surface area (Å²) in [5.74, 6) is 1.20. The fourth-order valence-electron chi connectivity index (χ4n) is 2.02. The van der Waals surface area contributed by atoms with Crippen molar-refractivity contribution < 1.29 is 8.42 Å². The van der Waals surface area contributed by atoms with E-state index < -0.39 is 10.0 Å². The monoisotopic (exact) mass is 330 g/mol. The van der Waals surface area contributed by atoms with Crippen LogP contribution in [0.3, 0.4) is 0 Å². The van der Waals surface area contributed by atoms with E-state index in [0.29, 0.717) is 17.4 Å². The van der Waals surface area contributed by atoms with Crippen LogP contribution in [0.5, 0.6) is 0 Å². The number of hydrogen-bond acceptors (Lipinski definition) is 4. The fourth-order valence-corrected chi connectivity index (χ4v) is 4.62. The Hall–Kier alpha value is -0.720. The molecule has 4 nitrogen and oxygen atoms in total. The smallest absolute Gasteiger partial charge is 0.212 e. The van der Waals surface area contributed by atoms with Gasteiger partial charge >= 0.3 is 0 Å². The molecule has 0 aliphatic rings. The summed E-state index contributed by atoms with van der Waals surface area (Å²) in [7, 11) is -3.21. The third-order valence-electron chi connectivity index (χ3n) is 3.33. The topological polar surface area (TPSA) is 72.2 Å². The molecule has 0 aliphatic carbocycles. The Balaban J connectivity index is 2.37. The molecule has 0 heterocycles. The van der Waals surface area contributed by atoms with Gasteiger partial charge in [0.2, 0.25) is 10.0 Å². The van der Waals surface area contributed by atoms with Crippen LogP contribution in [-0.2, 0) is 10.0 Å². The second-order valence-electron chi connectivity index (χ2n) is 5.50. The number of thioether (sulfide) groups is 1. The summed E-state index contributed by atoms with van der Waals surface area (Å²) in [6, 6.07) is 7.45. The second-order valence-corrected chi connectivity index (χ2v) is 8.55. The Morgan fingerprint density at radius 3 is 2.43 bits per heavy atom. The van der Waals surface area contributed by atoms with Crippen molar-refractivity contribution in [2.24, 2.45) is 5.92 Å². The Kier molecular flexibility index (Phi) is 7.56. The normalized spacial score (nSPS) is 14.8. The molecule has 0 fully saturated rings. The number of rotatable bonds is 9. The highest BCUT2D eigenvalue weighted by molar-refractivity contribution is 8.00. The van der Waals surface area contributed by atoms with Crippen LogP contribution in [0.15, 0.2) is 29.2 Å². The van der Waals surface area contributed by atoms with Gasteiger partial charge in [0.05, 0.1) is 5.75 Å². The minimum atomic E-state index is -3.21. The summed E-state index contributed by atoms with van der Waals surface area (Å²) in [6.07, 6.45) is 1.94. The molecule has 0 spiro atoms. The van der Waals surface area contributed by atoms with Crippen molar-refractivity contribution in [1.82, 2.24) is 4.72 Å². The number of nitrogens with two attached hydrogens (primary N) is 1. The number of anilines is 1. The molecule has 0 saturated carbocycles. The van der Waals surface area contributed by atoms with Crippen molar-refractivity contribution in [2.45, 2.75) is 44.6 Å². The van der Waals surface area contributed by atoms with Gasteiger partial charge in [-0.25, -0.2) is 13.1 Å². The maximum atomic E-state index is 12.0. The lowest BCUT2D eigenvalue weighted by atomic mass is 10.0. The molecule has 0 amide bonds. The number of nitrogens with one attached hydrogen (secondary N) is 1. The van der Waals surface area contributed by atoms with Crippen LogP contribution in [-0.4, -0.2) is 26.0 Å². The van der Waals surface area contributed by atoms with E-state index in [1.54, 1.807) is 0 Å². The first-order valence-corrected chi connectivity index (χ1v) is 9.94. The molecule has 120 valence electrons. The van der Waals surface area contributed by atoms with Crippen LogP contribution >= 0.6 is 11.8 Å². The SMILES string of the molecule is CCC(C)CC(C)NS(=O)(=O)CCSc1ccc(N)cc1. The number of nitrogen functional groups attached to an aromatic ring is 1. The zero-order valence-corrected chi connectivity index (χ0v) is 14.6. The molecular formula is C15H26N2O2S2. The van der Waals surface area contributed by atoms with Gasteiger partial charge in [0.25, 0.3) is 0 Å². The summed E-state index contributed by atoms with van der Waals surface area (Å²) >= 11 is 1.53. The molecule has 3 N–H and O–H groups in total. The molecule has 0 saturated heterocycles. The van der Waals surface area contributed by atoms with E-state index in [4.69, 9.17) is 5.73 Å². The van der Waals surface area contributed by atoms with E-state index in [1.807, 2.05) is 31.2 Å². The summed E-state index contributed by atoms with van der Waals surface area (Å²) in [4.78, 5) is 1.03. The average Bonchev–Trinajstić information content (AvgIpc) is 2.40. The minimum absolute atomic E-state index is 0.00789. The Morgan fingerprint density at radius 2 is 1.86 bits per heavy atom. The molecule has 0 aliphatic heterocycles. The fraction of sp³-hybridized carbons (Fsp3) is 0.600. The largest absolute Gasteiger partial charge is 0.399 e. The van der Waals surface area contributed by atoms with E-state index in [0.717, 1.165) is 17.7 Å². The van der Waals surface area contributed by atoms with Crippen molar-refractivity contribution in [3.8, 4) is 0 Å². The molecule has 0 radical (unpaired) electrons. The average molecular weight is 331 g/mol. The van der Waals surface area contributed by atoms with E-state index >= 15 is 0 Å². The number of benzene rings is 1. The minimum Gasteiger partial charge on any atom is -0.399 e. The lowest BCUT2D eigenvalue weighted by Crippen LogP contribution is -2.35. The van der Waals surface area contributed by atoms with Gasteiger partial charge in [0.1, 0.15) is 0 Å². The molecule has 6 heteroatoms. The van der Waals surface area contributed by atoms with Crippen LogP contribution in [0.2, 0.25) is 0 Å². The molecule has 1 aromatic rings. The summed E-state index contributed by atoms with van der Waals surface area (Å²) in [6.45, 7) is 6.19. The highest BCUT2D eigenvalue weighted by atomic mass is 32.2. The zero-order valence-electron chi connectivity index (χ0n) is 13.0. The van der Waals surface area contributed by atoms with Crippen molar-refractivity contribution in [1.29, 1.82) is 0 Å². The lowest BCUT2D eigenvalue weighted by Gasteiger charge is -2.17. The predicted octanol–water partition coefficient (Wildman–Crippen LogP) is 3.11. The van der Waals surface area contributed by atoms with Gasteiger partial charge in [-0.1, -0.05) is 20.3 Å². The van der Waals surface area contributed by atoms with Crippen LogP contribution < -0.4 is 10.5 Å². The maximum Gasteiger partial charge on any atom is 0.212 e. The lowest BCUT2D eigenvalue weighted by molar-refractivity contribution is 0.446. The summed E-state index contributed by atoms with van der Waals surface area (Å²) in [5, 5.41) is 0. The highest BCUT2D eigenvalue weighted by Gasteiger charge is 2.16. The third kappa shape index (κ3) is 7.74. The standard InChI is InChI=1S/C15H26N2O2S2/c1-4-12(2)11-13(3)17-21(18,19)10-9-20-15-7-5-14(16)6-8-15/h5-8,12-13,17H,4,9-11,16H2,1-3H3. The van der Waals surface area contributed by atoms with Gasteiger partial charge in [-0.05, 0) is 43.5 Å². The molecule has 0 aromatic heterocycles. The van der Waals surface area contributed by atoms with Crippen molar-refractivity contribution in [3.05, 3.63) is 24.3 Å². The molecule has 0 bridgehead atoms. The molecule has 2 unspecified atom stereocenters. The van der Waals surface area contributed by atoms with E-state index in [2.05, 4.69) is 18.6 Å². The van der Waals surface area contributed by atoms with Gasteiger partial charge in [0, 0.05) is 22.4 Å². The van der Waals surface area contributed by atoms with E-state index in [1.165, 1.54) is 11.8 Å². The second kappa shape index (κ2) is 8.66. The van der Waals surface area contributed by atoms with E-state index in [9.17, 15) is 8.42 Å². The van der Waals surface area contributed by atoms with Gasteiger partial charge < -0.3 is 5.73 Å². The molecule has 21 heavy (non-hydrogen) atoms. The van der Waals surface area contributed by atoms with Gasteiger partial charge in [0.15, 0.2) is 0 Å². The highest BCUT2D eigenvalue weighted by Crippen LogP contribution is 2.19. The van der Waals surface area contributed by atoms with Crippen LogP contribution in [0.25, 0.3) is 0 Å².